The van der Waals surface area contributed by atoms with Gasteiger partial charge in [0, 0.05) is 0 Å². The molecular weight excluding hydrogens is 192 g/mol. The second-order valence-corrected chi connectivity index (χ2v) is 4.36. The summed E-state index contributed by atoms with van der Waals surface area (Å²) in [4.78, 5) is 7.28. The fourth-order valence-corrected chi connectivity index (χ4v) is 1.92. The number of rotatable bonds is 1. The molecule has 1 aromatic rings. The van der Waals surface area contributed by atoms with Crippen LogP contribution in [0, 0.1) is 10.6 Å². The van der Waals surface area contributed by atoms with E-state index in [1.54, 1.807) is 6.20 Å². The van der Waals surface area contributed by atoms with Crippen LogP contribution in [0.1, 0.15) is 31.9 Å². The van der Waals surface area contributed by atoms with E-state index in [-0.39, 0.29) is 0 Å². The van der Waals surface area contributed by atoms with Crippen LogP contribution in [0.15, 0.2) is 18.5 Å². The lowest BCUT2D eigenvalue weighted by molar-refractivity contribution is 0.533. The largest absolute Gasteiger partial charge is 0.344 e. The number of allylic oxidation sites excluding steroid dienone is 2. The van der Waals surface area contributed by atoms with E-state index in [1.807, 2.05) is 6.20 Å². The maximum atomic E-state index is 5.05. The minimum atomic E-state index is 0.710. The molecular formula is C11H14N2S. The van der Waals surface area contributed by atoms with Crippen LogP contribution in [-0.4, -0.2) is 9.97 Å². The van der Waals surface area contributed by atoms with Gasteiger partial charge in [-0.1, -0.05) is 25.2 Å². The fourth-order valence-electron chi connectivity index (χ4n) is 1.75. The monoisotopic (exact) mass is 206 g/mol. The van der Waals surface area contributed by atoms with Crippen molar-refractivity contribution < 1.29 is 0 Å². The molecule has 0 saturated carbocycles. The van der Waals surface area contributed by atoms with Crippen molar-refractivity contribution >= 4 is 17.8 Å². The standard InChI is InChI=1S/C11H14N2S/c1-8-2-4-9(5-3-8)10-6-12-7-11(14)13-10/h4,6-8H,2-3,5H2,1H3,(H,13,14). The number of H-pyrrole nitrogens is 1. The third-order valence-corrected chi connectivity index (χ3v) is 2.88. The van der Waals surface area contributed by atoms with Crippen molar-refractivity contribution in [2.75, 3.05) is 0 Å². The average Bonchev–Trinajstić information content (AvgIpc) is 2.19. The van der Waals surface area contributed by atoms with Crippen molar-refractivity contribution in [2.45, 2.75) is 26.2 Å². The highest BCUT2D eigenvalue weighted by atomic mass is 32.1. The molecule has 1 aliphatic rings. The third kappa shape index (κ3) is 2.10. The SMILES string of the molecule is CC1CC=C(c2cncc(=S)[nH]2)CC1. The molecule has 1 aromatic heterocycles. The Morgan fingerprint density at radius 2 is 2.36 bits per heavy atom. The number of nitrogens with zero attached hydrogens (tertiary/aromatic N) is 1. The highest BCUT2D eigenvalue weighted by molar-refractivity contribution is 7.71. The molecule has 0 bridgehead atoms. The van der Waals surface area contributed by atoms with Gasteiger partial charge in [0.15, 0.2) is 0 Å². The van der Waals surface area contributed by atoms with Gasteiger partial charge in [-0.25, -0.2) is 0 Å². The lowest BCUT2D eigenvalue weighted by Gasteiger charge is -2.17. The molecule has 0 aliphatic heterocycles. The van der Waals surface area contributed by atoms with E-state index in [0.29, 0.717) is 4.64 Å². The number of hydrogen-bond acceptors (Lipinski definition) is 2. The summed E-state index contributed by atoms with van der Waals surface area (Å²) in [7, 11) is 0. The number of aromatic amines is 1. The Morgan fingerprint density at radius 1 is 1.50 bits per heavy atom. The Bertz CT molecular complexity index is 406. The van der Waals surface area contributed by atoms with E-state index in [1.165, 1.54) is 18.4 Å². The molecule has 1 atom stereocenters. The van der Waals surface area contributed by atoms with Crippen molar-refractivity contribution in [3.8, 4) is 0 Å². The van der Waals surface area contributed by atoms with Gasteiger partial charge in [0.2, 0.25) is 0 Å². The first-order valence-electron chi connectivity index (χ1n) is 4.99. The zero-order valence-corrected chi connectivity index (χ0v) is 9.10. The van der Waals surface area contributed by atoms with Crippen LogP contribution < -0.4 is 0 Å². The summed E-state index contributed by atoms with van der Waals surface area (Å²) in [6.07, 6.45) is 9.41. The summed E-state index contributed by atoms with van der Waals surface area (Å²) < 4.78 is 0.710. The maximum absolute atomic E-state index is 5.05. The van der Waals surface area contributed by atoms with E-state index in [9.17, 15) is 0 Å². The molecule has 2 nitrogen and oxygen atoms in total. The minimum Gasteiger partial charge on any atom is -0.344 e. The van der Waals surface area contributed by atoms with Crippen molar-refractivity contribution in [1.82, 2.24) is 9.97 Å². The predicted molar refractivity (Wildman–Crippen MR) is 60.4 cm³/mol. The van der Waals surface area contributed by atoms with Gasteiger partial charge in [0.05, 0.1) is 18.1 Å². The Morgan fingerprint density at radius 3 is 3.00 bits per heavy atom. The summed E-state index contributed by atoms with van der Waals surface area (Å²) in [5, 5.41) is 0. The molecule has 3 heteroatoms. The molecule has 1 N–H and O–H groups in total. The number of hydrogen-bond donors (Lipinski definition) is 1. The molecule has 0 fully saturated rings. The van der Waals surface area contributed by atoms with Gasteiger partial charge in [0.25, 0.3) is 0 Å². The fraction of sp³-hybridized carbons (Fsp3) is 0.455. The molecule has 0 aromatic carbocycles. The van der Waals surface area contributed by atoms with Crippen LogP contribution in [0.25, 0.3) is 5.57 Å². The Balaban J connectivity index is 2.28. The first-order chi connectivity index (χ1) is 6.75. The lowest BCUT2D eigenvalue weighted by Crippen LogP contribution is -2.02. The smallest absolute Gasteiger partial charge is 0.122 e. The van der Waals surface area contributed by atoms with Gasteiger partial charge in [0.1, 0.15) is 4.64 Å². The van der Waals surface area contributed by atoms with E-state index in [0.717, 1.165) is 18.0 Å². The van der Waals surface area contributed by atoms with Crippen LogP contribution in [-0.2, 0) is 0 Å². The van der Waals surface area contributed by atoms with E-state index < -0.39 is 0 Å². The zero-order valence-electron chi connectivity index (χ0n) is 8.29. The van der Waals surface area contributed by atoms with Gasteiger partial charge >= 0.3 is 0 Å². The van der Waals surface area contributed by atoms with Crippen LogP contribution in [0.2, 0.25) is 0 Å². The minimum absolute atomic E-state index is 0.710. The molecule has 2 rings (SSSR count). The average molecular weight is 206 g/mol. The first kappa shape index (κ1) is 9.59. The first-order valence-corrected chi connectivity index (χ1v) is 5.40. The molecule has 0 saturated heterocycles. The number of aromatic nitrogens is 2. The van der Waals surface area contributed by atoms with Crippen LogP contribution in [0.5, 0.6) is 0 Å². The highest BCUT2D eigenvalue weighted by Crippen LogP contribution is 2.28. The van der Waals surface area contributed by atoms with E-state index >= 15 is 0 Å². The Hall–Kier alpha value is -0.960. The van der Waals surface area contributed by atoms with Crippen LogP contribution >= 0.6 is 12.2 Å². The highest BCUT2D eigenvalue weighted by Gasteiger charge is 2.11. The summed E-state index contributed by atoms with van der Waals surface area (Å²) in [6.45, 7) is 2.29. The van der Waals surface area contributed by atoms with E-state index in [2.05, 4.69) is 23.0 Å². The Kier molecular flexibility index (Phi) is 2.77. The van der Waals surface area contributed by atoms with Gasteiger partial charge in [-0.3, -0.25) is 4.98 Å². The molecule has 0 spiro atoms. The van der Waals surface area contributed by atoms with Gasteiger partial charge in [-0.15, -0.1) is 0 Å². The molecule has 1 unspecified atom stereocenters. The van der Waals surface area contributed by atoms with Crippen molar-refractivity contribution in [1.29, 1.82) is 0 Å². The summed E-state index contributed by atoms with van der Waals surface area (Å²) in [6, 6.07) is 0. The van der Waals surface area contributed by atoms with Crippen LogP contribution in [0.3, 0.4) is 0 Å². The third-order valence-electron chi connectivity index (χ3n) is 2.67. The van der Waals surface area contributed by atoms with E-state index in [4.69, 9.17) is 12.2 Å². The van der Waals surface area contributed by atoms with Crippen molar-refractivity contribution in [2.24, 2.45) is 5.92 Å². The van der Waals surface area contributed by atoms with Crippen molar-refractivity contribution in [3.05, 3.63) is 28.8 Å². The maximum Gasteiger partial charge on any atom is 0.122 e. The molecule has 14 heavy (non-hydrogen) atoms. The second kappa shape index (κ2) is 4.05. The quantitative estimate of drug-likeness (QED) is 0.714. The summed E-state index contributed by atoms with van der Waals surface area (Å²) in [5.41, 5.74) is 2.45. The van der Waals surface area contributed by atoms with Gasteiger partial charge < -0.3 is 4.98 Å². The molecule has 1 heterocycles. The number of nitrogens with one attached hydrogen (secondary N) is 1. The topological polar surface area (TPSA) is 28.7 Å². The molecule has 0 amide bonds. The summed E-state index contributed by atoms with van der Waals surface area (Å²) >= 11 is 5.05. The van der Waals surface area contributed by atoms with Crippen LogP contribution in [0.4, 0.5) is 0 Å². The lowest BCUT2D eigenvalue weighted by atomic mass is 9.90. The molecule has 0 radical (unpaired) electrons. The normalized spacial score (nSPS) is 21.8. The Labute approximate surface area is 89.1 Å². The second-order valence-electron chi connectivity index (χ2n) is 3.92. The van der Waals surface area contributed by atoms with Gasteiger partial charge in [-0.2, -0.15) is 0 Å². The van der Waals surface area contributed by atoms with Gasteiger partial charge in [-0.05, 0) is 30.8 Å². The molecule has 74 valence electrons. The zero-order chi connectivity index (χ0) is 9.97. The predicted octanol–water partition coefficient (Wildman–Crippen LogP) is 3.34. The molecule has 1 aliphatic carbocycles. The summed E-state index contributed by atoms with van der Waals surface area (Å²) in [5.74, 6) is 0.818. The van der Waals surface area contributed by atoms with Crippen molar-refractivity contribution in [3.63, 3.8) is 0 Å².